The first kappa shape index (κ1) is 15.0. The van der Waals surface area contributed by atoms with Crippen LogP contribution in [0.25, 0.3) is 5.69 Å². The lowest BCUT2D eigenvalue weighted by Gasteiger charge is -2.14. The maximum Gasteiger partial charge on any atom is 0.273 e. The van der Waals surface area contributed by atoms with Crippen molar-refractivity contribution in [3.05, 3.63) is 59.2 Å². The van der Waals surface area contributed by atoms with Gasteiger partial charge in [-0.2, -0.15) is 20.5 Å². The van der Waals surface area contributed by atoms with E-state index in [1.54, 1.807) is 0 Å². The van der Waals surface area contributed by atoms with E-state index in [4.69, 9.17) is 0 Å². The van der Waals surface area contributed by atoms with E-state index in [1.807, 2.05) is 55.8 Å². The third kappa shape index (κ3) is 3.13. The zero-order valence-electron chi connectivity index (χ0n) is 13.2. The summed E-state index contributed by atoms with van der Waals surface area (Å²) in [5.41, 5.74) is 4.35. The molecule has 2 heterocycles. The van der Waals surface area contributed by atoms with Gasteiger partial charge in [-0.25, -0.2) is 4.68 Å². The molecule has 3 aromatic rings. The van der Waals surface area contributed by atoms with Gasteiger partial charge in [-0.15, -0.1) is 0 Å². The fourth-order valence-corrected chi connectivity index (χ4v) is 2.46. The van der Waals surface area contributed by atoms with E-state index in [0.717, 1.165) is 22.6 Å². The van der Waals surface area contributed by atoms with Gasteiger partial charge >= 0.3 is 0 Å². The monoisotopic (exact) mass is 310 g/mol. The standard InChI is InChI=1S/C16H18N6O/c1-10-8-11(2)22(20-10)14-6-4-13(5-7-14)12(3)18-16(23)15-9-17-21-19-15/h4-9,12H,1-3H3,(H,18,23)(H,17,19,21). The first-order valence-electron chi connectivity index (χ1n) is 7.35. The van der Waals surface area contributed by atoms with E-state index in [1.165, 1.54) is 6.20 Å². The molecular formula is C16H18N6O. The van der Waals surface area contributed by atoms with Crippen LogP contribution in [0, 0.1) is 13.8 Å². The molecule has 7 heteroatoms. The number of hydrogen-bond donors (Lipinski definition) is 2. The molecule has 23 heavy (non-hydrogen) atoms. The average Bonchev–Trinajstić information content (AvgIpc) is 3.17. The minimum Gasteiger partial charge on any atom is -0.344 e. The van der Waals surface area contributed by atoms with Crippen LogP contribution >= 0.6 is 0 Å². The van der Waals surface area contributed by atoms with Crippen LogP contribution < -0.4 is 5.32 Å². The van der Waals surface area contributed by atoms with E-state index in [-0.39, 0.29) is 17.6 Å². The summed E-state index contributed by atoms with van der Waals surface area (Å²) in [6.45, 7) is 5.92. The number of carbonyl (C=O) groups is 1. The SMILES string of the molecule is Cc1cc(C)n(-c2ccc(C(C)NC(=O)c3cn[nH]n3)cc2)n1. The van der Waals surface area contributed by atoms with E-state index in [0.29, 0.717) is 0 Å². The largest absolute Gasteiger partial charge is 0.344 e. The van der Waals surface area contributed by atoms with Crippen molar-refractivity contribution in [3.8, 4) is 5.69 Å². The maximum absolute atomic E-state index is 12.0. The van der Waals surface area contributed by atoms with Crippen LogP contribution in [0.4, 0.5) is 0 Å². The van der Waals surface area contributed by atoms with Crippen molar-refractivity contribution in [1.29, 1.82) is 0 Å². The first-order valence-corrected chi connectivity index (χ1v) is 7.35. The third-order valence-electron chi connectivity index (χ3n) is 3.64. The van der Waals surface area contributed by atoms with Crippen LogP contribution in [-0.4, -0.2) is 31.1 Å². The number of H-pyrrole nitrogens is 1. The molecule has 3 rings (SSSR count). The van der Waals surface area contributed by atoms with Crippen molar-refractivity contribution in [2.45, 2.75) is 26.8 Å². The molecule has 1 unspecified atom stereocenters. The fraction of sp³-hybridized carbons (Fsp3) is 0.250. The van der Waals surface area contributed by atoms with Crippen LogP contribution in [0.3, 0.4) is 0 Å². The highest BCUT2D eigenvalue weighted by molar-refractivity contribution is 5.92. The summed E-state index contributed by atoms with van der Waals surface area (Å²) < 4.78 is 1.90. The molecule has 0 aliphatic rings. The molecule has 1 atom stereocenters. The van der Waals surface area contributed by atoms with Crippen LogP contribution in [0.15, 0.2) is 36.5 Å². The number of nitrogens with zero attached hydrogens (tertiary/aromatic N) is 4. The Morgan fingerprint density at radius 2 is 2.00 bits per heavy atom. The molecule has 2 aromatic heterocycles. The Labute approximate surface area is 133 Å². The van der Waals surface area contributed by atoms with E-state index in [9.17, 15) is 4.79 Å². The molecule has 1 amide bonds. The summed E-state index contributed by atoms with van der Waals surface area (Å²) in [6, 6.07) is 9.86. The highest BCUT2D eigenvalue weighted by Crippen LogP contribution is 2.17. The van der Waals surface area contributed by atoms with Crippen LogP contribution in [0.2, 0.25) is 0 Å². The second-order valence-electron chi connectivity index (χ2n) is 5.48. The number of benzene rings is 1. The smallest absolute Gasteiger partial charge is 0.273 e. The molecule has 0 bridgehead atoms. The number of aryl methyl sites for hydroxylation is 2. The quantitative estimate of drug-likeness (QED) is 0.772. The Balaban J connectivity index is 1.74. The van der Waals surface area contributed by atoms with Crippen molar-refractivity contribution < 1.29 is 4.79 Å². The van der Waals surface area contributed by atoms with Crippen molar-refractivity contribution in [2.24, 2.45) is 0 Å². The first-order chi connectivity index (χ1) is 11.0. The molecular weight excluding hydrogens is 292 g/mol. The summed E-state index contributed by atoms with van der Waals surface area (Å²) in [6.07, 6.45) is 1.40. The number of rotatable bonds is 4. The molecule has 0 spiro atoms. The maximum atomic E-state index is 12.0. The molecule has 0 aliphatic heterocycles. The Morgan fingerprint density at radius 1 is 1.26 bits per heavy atom. The number of aromatic nitrogens is 5. The Morgan fingerprint density at radius 3 is 2.57 bits per heavy atom. The van der Waals surface area contributed by atoms with Gasteiger partial charge < -0.3 is 5.32 Å². The summed E-state index contributed by atoms with van der Waals surface area (Å²) in [5.74, 6) is -0.256. The van der Waals surface area contributed by atoms with Crippen molar-refractivity contribution >= 4 is 5.91 Å². The number of nitrogens with one attached hydrogen (secondary N) is 2. The predicted octanol–water partition coefficient (Wildman–Crippen LogP) is 2.10. The average molecular weight is 310 g/mol. The third-order valence-corrected chi connectivity index (χ3v) is 3.64. The lowest BCUT2D eigenvalue weighted by Crippen LogP contribution is -2.26. The van der Waals surface area contributed by atoms with Gasteiger partial charge in [0.2, 0.25) is 0 Å². The van der Waals surface area contributed by atoms with E-state index < -0.39 is 0 Å². The van der Waals surface area contributed by atoms with Crippen molar-refractivity contribution in [1.82, 2.24) is 30.5 Å². The molecule has 118 valence electrons. The molecule has 7 nitrogen and oxygen atoms in total. The second kappa shape index (κ2) is 6.04. The summed E-state index contributed by atoms with van der Waals surface area (Å²) in [7, 11) is 0. The molecule has 1 aromatic carbocycles. The molecule has 0 fully saturated rings. The molecule has 2 N–H and O–H groups in total. The van der Waals surface area contributed by atoms with Gasteiger partial charge in [0.05, 0.1) is 23.6 Å². The van der Waals surface area contributed by atoms with Gasteiger partial charge in [0.15, 0.2) is 5.69 Å². The van der Waals surface area contributed by atoms with Crippen LogP contribution in [0.5, 0.6) is 0 Å². The van der Waals surface area contributed by atoms with Crippen LogP contribution in [-0.2, 0) is 0 Å². The predicted molar refractivity (Wildman–Crippen MR) is 85.3 cm³/mol. The van der Waals surface area contributed by atoms with Crippen molar-refractivity contribution in [2.75, 3.05) is 0 Å². The minimum absolute atomic E-state index is 0.131. The Kier molecular flexibility index (Phi) is 3.92. The van der Waals surface area contributed by atoms with Gasteiger partial charge in [0.25, 0.3) is 5.91 Å². The molecule has 0 saturated carbocycles. The summed E-state index contributed by atoms with van der Waals surface area (Å²) in [4.78, 5) is 12.0. The number of hydrogen-bond acceptors (Lipinski definition) is 4. The van der Waals surface area contributed by atoms with Crippen molar-refractivity contribution in [3.63, 3.8) is 0 Å². The van der Waals surface area contributed by atoms with Gasteiger partial charge in [-0.05, 0) is 44.5 Å². The zero-order valence-corrected chi connectivity index (χ0v) is 13.2. The normalized spacial score (nSPS) is 12.1. The lowest BCUT2D eigenvalue weighted by molar-refractivity contribution is 0.0935. The van der Waals surface area contributed by atoms with E-state index >= 15 is 0 Å². The highest BCUT2D eigenvalue weighted by Gasteiger charge is 2.13. The topological polar surface area (TPSA) is 88.5 Å². The zero-order chi connectivity index (χ0) is 16.4. The minimum atomic E-state index is -0.256. The van der Waals surface area contributed by atoms with Crippen LogP contribution in [0.1, 0.15) is 40.4 Å². The summed E-state index contributed by atoms with van der Waals surface area (Å²) >= 11 is 0. The molecule has 0 aliphatic carbocycles. The van der Waals surface area contributed by atoms with Gasteiger partial charge in [-0.1, -0.05) is 12.1 Å². The lowest BCUT2D eigenvalue weighted by atomic mass is 10.1. The molecule has 0 saturated heterocycles. The highest BCUT2D eigenvalue weighted by atomic mass is 16.2. The summed E-state index contributed by atoms with van der Waals surface area (Å²) in [5, 5.41) is 17.2. The number of carbonyl (C=O) groups excluding carboxylic acids is 1. The second-order valence-corrected chi connectivity index (χ2v) is 5.48. The molecule has 0 radical (unpaired) electrons. The number of aromatic amines is 1. The van der Waals surface area contributed by atoms with Gasteiger partial charge in [0, 0.05) is 5.69 Å². The van der Waals surface area contributed by atoms with Gasteiger partial charge in [0.1, 0.15) is 0 Å². The van der Waals surface area contributed by atoms with Gasteiger partial charge in [-0.3, -0.25) is 4.79 Å². The Bertz CT molecular complexity index is 804. The Hall–Kier alpha value is -2.96. The number of amides is 1. The fourth-order valence-electron chi connectivity index (χ4n) is 2.46. The van der Waals surface area contributed by atoms with E-state index in [2.05, 4.69) is 25.8 Å².